The van der Waals surface area contributed by atoms with Gasteiger partial charge in [0.2, 0.25) is 0 Å². The van der Waals surface area contributed by atoms with Crippen molar-refractivity contribution in [3.05, 3.63) is 64.7 Å². The number of nitrogens with one attached hydrogen (secondary N) is 1. The predicted octanol–water partition coefficient (Wildman–Crippen LogP) is 3.73. The van der Waals surface area contributed by atoms with E-state index in [2.05, 4.69) is 15.3 Å². The normalized spacial score (nSPS) is 11.3. The number of halogens is 1. The minimum Gasteiger partial charge on any atom is -0.493 e. The third-order valence-electron chi connectivity index (χ3n) is 3.56. The maximum absolute atomic E-state index is 12.7. The molecule has 3 aromatic rings. The summed E-state index contributed by atoms with van der Waals surface area (Å²) in [4.78, 5) is 28.5. The first-order valence-corrected chi connectivity index (χ1v) is 8.25. The van der Waals surface area contributed by atoms with E-state index in [0.717, 1.165) is 0 Å². The van der Waals surface area contributed by atoms with Gasteiger partial charge in [-0.3, -0.25) is 4.79 Å². The molecule has 1 heterocycles. The molecule has 0 aliphatic carbocycles. The maximum Gasteiger partial charge on any atom is 0.332 e. The van der Waals surface area contributed by atoms with Crippen molar-refractivity contribution in [1.82, 2.24) is 0 Å². The first-order valence-electron chi connectivity index (χ1n) is 7.87. The summed E-state index contributed by atoms with van der Waals surface area (Å²) in [5.74, 6) is -0.678. The monoisotopic (exact) mass is 386 g/mol. The quantitative estimate of drug-likeness (QED) is 0.545. The van der Waals surface area contributed by atoms with E-state index in [-0.39, 0.29) is 11.1 Å². The zero-order chi connectivity index (χ0) is 19.4. The first-order chi connectivity index (χ1) is 13.0. The highest BCUT2D eigenvalue weighted by atomic mass is 35.5. The summed E-state index contributed by atoms with van der Waals surface area (Å²) in [6.07, 6.45) is 0. The standard InChI is InChI=1S/C19H15ClN2O5/c1-11(23)27-22-19-15(18(24)21-14-8-6-13(20)7-9-14)10-12-4-3-5-16(25-2)17(12)26-19/h3-10H,1-2H3,(H,21,24)/b22-19-. The minimum atomic E-state index is -0.644. The third kappa shape index (κ3) is 4.27. The number of hydrogen-bond acceptors (Lipinski definition) is 6. The molecule has 0 unspecified atom stereocenters. The summed E-state index contributed by atoms with van der Waals surface area (Å²) in [5, 5.41) is 7.54. The number of ether oxygens (including phenoxy) is 1. The summed E-state index contributed by atoms with van der Waals surface area (Å²) in [6, 6.07) is 13.4. The molecule has 138 valence electrons. The molecule has 0 aliphatic heterocycles. The second kappa shape index (κ2) is 7.92. The van der Waals surface area contributed by atoms with Gasteiger partial charge < -0.3 is 19.3 Å². The Morgan fingerprint density at radius 2 is 1.89 bits per heavy atom. The Morgan fingerprint density at radius 1 is 1.15 bits per heavy atom. The van der Waals surface area contributed by atoms with E-state index in [0.29, 0.717) is 27.4 Å². The predicted molar refractivity (Wildman–Crippen MR) is 99.5 cm³/mol. The summed E-state index contributed by atoms with van der Waals surface area (Å²) >= 11 is 5.85. The molecule has 2 aromatic carbocycles. The zero-order valence-electron chi connectivity index (χ0n) is 14.5. The number of nitrogens with zero attached hydrogens (tertiary/aromatic N) is 1. The molecule has 0 fully saturated rings. The number of methoxy groups -OCH3 is 1. The van der Waals surface area contributed by atoms with Crippen molar-refractivity contribution in [3.63, 3.8) is 0 Å². The Kier molecular flexibility index (Phi) is 5.42. The summed E-state index contributed by atoms with van der Waals surface area (Å²) < 4.78 is 11.0. The molecular weight excluding hydrogens is 372 g/mol. The number of carbonyl (C=O) groups excluding carboxylic acids is 2. The van der Waals surface area contributed by atoms with Crippen LogP contribution in [0.15, 0.2) is 58.1 Å². The number of para-hydroxylation sites is 1. The van der Waals surface area contributed by atoms with Crippen molar-refractivity contribution < 1.29 is 23.6 Å². The van der Waals surface area contributed by atoms with Gasteiger partial charge in [-0.1, -0.05) is 23.7 Å². The highest BCUT2D eigenvalue weighted by molar-refractivity contribution is 6.30. The highest BCUT2D eigenvalue weighted by Crippen LogP contribution is 2.25. The number of amides is 1. The molecule has 0 saturated heterocycles. The number of rotatable bonds is 4. The summed E-state index contributed by atoms with van der Waals surface area (Å²) in [7, 11) is 1.49. The molecule has 0 atom stereocenters. The average Bonchev–Trinajstić information content (AvgIpc) is 2.66. The van der Waals surface area contributed by atoms with Crippen LogP contribution in [0.5, 0.6) is 5.75 Å². The molecule has 7 nitrogen and oxygen atoms in total. The van der Waals surface area contributed by atoms with Gasteiger partial charge in [0.05, 0.1) is 7.11 Å². The van der Waals surface area contributed by atoms with E-state index >= 15 is 0 Å². The van der Waals surface area contributed by atoms with Crippen molar-refractivity contribution in [2.75, 3.05) is 12.4 Å². The van der Waals surface area contributed by atoms with Crippen molar-refractivity contribution in [2.24, 2.45) is 5.16 Å². The van der Waals surface area contributed by atoms with Crippen molar-refractivity contribution in [3.8, 4) is 5.75 Å². The zero-order valence-corrected chi connectivity index (χ0v) is 15.2. The van der Waals surface area contributed by atoms with E-state index in [4.69, 9.17) is 20.8 Å². The Bertz CT molecular complexity index is 1070. The van der Waals surface area contributed by atoms with Gasteiger partial charge in [-0.05, 0) is 41.6 Å². The van der Waals surface area contributed by atoms with Crippen LogP contribution in [0.4, 0.5) is 5.69 Å². The van der Waals surface area contributed by atoms with Crippen LogP contribution in [0.3, 0.4) is 0 Å². The van der Waals surface area contributed by atoms with Gasteiger partial charge in [-0.25, -0.2) is 4.79 Å². The first kappa shape index (κ1) is 18.5. The van der Waals surface area contributed by atoms with Crippen LogP contribution in [-0.2, 0) is 9.63 Å². The second-order valence-electron chi connectivity index (χ2n) is 5.48. The lowest BCUT2D eigenvalue weighted by Crippen LogP contribution is -2.22. The van der Waals surface area contributed by atoms with Crippen molar-refractivity contribution >= 4 is 40.1 Å². The van der Waals surface area contributed by atoms with Gasteiger partial charge in [-0.2, -0.15) is 0 Å². The number of benzene rings is 2. The lowest BCUT2D eigenvalue weighted by molar-refractivity contribution is -0.141. The van der Waals surface area contributed by atoms with Crippen LogP contribution in [0.1, 0.15) is 17.3 Å². The van der Waals surface area contributed by atoms with Crippen LogP contribution in [0.25, 0.3) is 11.0 Å². The fraction of sp³-hybridized carbons (Fsp3) is 0.105. The molecule has 1 amide bonds. The molecule has 8 heteroatoms. The molecule has 1 aromatic heterocycles. The van der Waals surface area contributed by atoms with Crippen molar-refractivity contribution in [1.29, 1.82) is 0 Å². The van der Waals surface area contributed by atoms with E-state index < -0.39 is 11.9 Å². The van der Waals surface area contributed by atoms with Gasteiger partial charge in [0.15, 0.2) is 11.3 Å². The second-order valence-corrected chi connectivity index (χ2v) is 5.92. The Morgan fingerprint density at radius 3 is 2.56 bits per heavy atom. The van der Waals surface area contributed by atoms with Gasteiger partial charge in [0.1, 0.15) is 5.56 Å². The molecule has 0 aliphatic rings. The number of hydrogen-bond donors (Lipinski definition) is 1. The lowest BCUT2D eigenvalue weighted by atomic mass is 10.1. The smallest absolute Gasteiger partial charge is 0.332 e. The topological polar surface area (TPSA) is 90.1 Å². The fourth-order valence-corrected chi connectivity index (χ4v) is 2.48. The van der Waals surface area contributed by atoms with Gasteiger partial charge in [0.25, 0.3) is 11.5 Å². The van der Waals surface area contributed by atoms with Crippen molar-refractivity contribution in [2.45, 2.75) is 6.92 Å². The number of anilines is 1. The minimum absolute atomic E-state index is 0.0898. The fourth-order valence-electron chi connectivity index (χ4n) is 2.35. The van der Waals surface area contributed by atoms with Crippen LogP contribution in [-0.4, -0.2) is 19.0 Å². The Hall–Kier alpha value is -3.32. The Labute approximate surface area is 159 Å². The van der Waals surface area contributed by atoms with E-state index in [1.165, 1.54) is 14.0 Å². The maximum atomic E-state index is 12.7. The lowest BCUT2D eigenvalue weighted by Gasteiger charge is -2.08. The Balaban J connectivity index is 2.10. The molecule has 0 spiro atoms. The van der Waals surface area contributed by atoms with E-state index in [1.54, 1.807) is 48.5 Å². The van der Waals surface area contributed by atoms with Gasteiger partial charge >= 0.3 is 5.97 Å². The van der Waals surface area contributed by atoms with Crippen LogP contribution >= 0.6 is 11.6 Å². The van der Waals surface area contributed by atoms with Gasteiger partial charge in [-0.15, -0.1) is 0 Å². The molecule has 3 rings (SSSR count). The van der Waals surface area contributed by atoms with Crippen LogP contribution in [0, 0.1) is 0 Å². The summed E-state index contributed by atoms with van der Waals surface area (Å²) in [5.41, 5.74) is 0.836. The largest absolute Gasteiger partial charge is 0.493 e. The average molecular weight is 387 g/mol. The van der Waals surface area contributed by atoms with Crippen LogP contribution < -0.4 is 15.6 Å². The molecule has 0 saturated carbocycles. The molecule has 0 bridgehead atoms. The molecule has 0 radical (unpaired) electrons. The highest BCUT2D eigenvalue weighted by Gasteiger charge is 2.15. The van der Waals surface area contributed by atoms with Gasteiger partial charge in [0, 0.05) is 23.0 Å². The van der Waals surface area contributed by atoms with E-state index in [9.17, 15) is 9.59 Å². The number of fused-ring (bicyclic) bond motifs is 1. The SMILES string of the molecule is COc1cccc2cc(C(=O)Nc3ccc(Cl)cc3)/c(=N/OC(C)=O)oc12. The molecule has 1 N–H and O–H groups in total. The summed E-state index contributed by atoms with van der Waals surface area (Å²) in [6.45, 7) is 1.19. The molecule has 27 heavy (non-hydrogen) atoms. The molecular formula is C19H15ClN2O5. The van der Waals surface area contributed by atoms with Crippen LogP contribution in [0.2, 0.25) is 5.02 Å². The number of carbonyl (C=O) groups is 2. The van der Waals surface area contributed by atoms with E-state index in [1.807, 2.05) is 0 Å². The third-order valence-corrected chi connectivity index (χ3v) is 3.81.